The molecule has 3 aliphatic carbocycles. The van der Waals surface area contributed by atoms with Crippen molar-refractivity contribution >= 4 is 60.5 Å². The number of hydrogen-bond acceptors (Lipinski definition) is 3. The highest BCUT2D eigenvalue weighted by atomic mass is 16.5. The van der Waals surface area contributed by atoms with Gasteiger partial charge in [-0.2, -0.15) is 0 Å². The van der Waals surface area contributed by atoms with Crippen molar-refractivity contribution < 1.29 is 9.15 Å². The zero-order valence-electron chi connectivity index (χ0n) is 39.4. The zero-order valence-corrected chi connectivity index (χ0v) is 39.4. The van der Waals surface area contributed by atoms with Gasteiger partial charge < -0.3 is 14.1 Å². The van der Waals surface area contributed by atoms with Crippen molar-refractivity contribution in [3.8, 4) is 44.9 Å². The average Bonchev–Trinajstić information content (AvgIpc) is 4.20. The summed E-state index contributed by atoms with van der Waals surface area (Å²) in [6.07, 6.45) is 0. The van der Waals surface area contributed by atoms with E-state index >= 15 is 0 Å². The lowest BCUT2D eigenvalue weighted by atomic mass is 9.65. The minimum Gasteiger partial charge on any atom is -0.456 e. The fourth-order valence-corrected chi connectivity index (χ4v) is 14.1. The van der Waals surface area contributed by atoms with E-state index in [2.05, 4.69) is 248 Å². The molecule has 3 nitrogen and oxygen atoms in total. The van der Waals surface area contributed by atoms with Gasteiger partial charge in [0, 0.05) is 55.7 Å². The zero-order chi connectivity index (χ0) is 47.6. The number of hydrogen-bond donors (Lipinski definition) is 0. The van der Waals surface area contributed by atoms with E-state index in [0.29, 0.717) is 0 Å². The largest absolute Gasteiger partial charge is 0.456 e. The molecule has 0 fully saturated rings. The molecule has 1 aromatic heterocycles. The Hall–Kier alpha value is -9.44. The highest BCUT2D eigenvalue weighted by molar-refractivity contribution is 6.08. The fourth-order valence-electron chi connectivity index (χ4n) is 14.1. The van der Waals surface area contributed by atoms with Crippen LogP contribution in [0.15, 0.2) is 253 Å². The van der Waals surface area contributed by atoms with Gasteiger partial charge in [0.15, 0.2) is 0 Å². The van der Waals surface area contributed by atoms with E-state index in [1.165, 1.54) is 66.8 Å². The number of para-hydroxylation sites is 1. The molecule has 73 heavy (non-hydrogen) atoms. The summed E-state index contributed by atoms with van der Waals surface area (Å²) in [4.78, 5) is 2.49. The number of ether oxygens (including phenoxy) is 1. The highest BCUT2D eigenvalue weighted by Crippen LogP contribution is 2.67. The van der Waals surface area contributed by atoms with E-state index < -0.39 is 10.8 Å². The Morgan fingerprint density at radius 3 is 1.40 bits per heavy atom. The number of benzene rings is 12. The molecule has 1 aliphatic heterocycles. The van der Waals surface area contributed by atoms with Crippen molar-refractivity contribution in [2.75, 3.05) is 4.90 Å². The summed E-state index contributed by atoms with van der Waals surface area (Å²) >= 11 is 0. The third-order valence-electron chi connectivity index (χ3n) is 16.9. The first-order valence-electron chi connectivity index (χ1n) is 25.3. The minimum atomic E-state index is -0.709. The van der Waals surface area contributed by atoms with Crippen LogP contribution in [0.4, 0.5) is 17.1 Å². The van der Waals surface area contributed by atoms with E-state index in [-0.39, 0.29) is 0 Å². The van der Waals surface area contributed by atoms with Gasteiger partial charge in [0.25, 0.3) is 0 Å². The number of fused-ring (bicyclic) bond motifs is 26. The molecule has 0 saturated carbocycles. The summed E-state index contributed by atoms with van der Waals surface area (Å²) in [6.45, 7) is 0. The van der Waals surface area contributed by atoms with E-state index in [4.69, 9.17) is 9.15 Å². The Morgan fingerprint density at radius 2 is 0.740 bits per heavy atom. The van der Waals surface area contributed by atoms with Gasteiger partial charge in [-0.1, -0.05) is 206 Å². The molecule has 0 saturated heterocycles. The van der Waals surface area contributed by atoms with Gasteiger partial charge in [-0.3, -0.25) is 0 Å². The third kappa shape index (κ3) is 4.85. The minimum absolute atomic E-state index is 0.451. The molecule has 0 amide bonds. The van der Waals surface area contributed by atoms with Gasteiger partial charge in [0.05, 0.1) is 16.5 Å². The number of nitrogens with zero attached hydrogens (tertiary/aromatic N) is 1. The predicted octanol–water partition coefficient (Wildman–Crippen LogP) is 18.2. The molecule has 3 heteroatoms. The SMILES string of the molecule is c1ccc2c(c1)-c1ccccc1C21c2ccccc2-c2cc(N(c3ccc4c(c3)oc3ccccc34)c3cccc4c3-c3ccccc3C43c4ccc5ccccc5c4Oc4c3ccc3ccccc43)ccc21. The van der Waals surface area contributed by atoms with Crippen LogP contribution in [0.5, 0.6) is 11.5 Å². The summed E-state index contributed by atoms with van der Waals surface area (Å²) in [5.74, 6) is 1.81. The van der Waals surface area contributed by atoms with Gasteiger partial charge >= 0.3 is 0 Å². The van der Waals surface area contributed by atoms with Crippen LogP contribution in [-0.4, -0.2) is 0 Å². The Morgan fingerprint density at radius 1 is 0.288 bits per heavy atom. The lowest BCUT2D eigenvalue weighted by molar-refractivity contribution is 0.447. The molecule has 17 rings (SSSR count). The van der Waals surface area contributed by atoms with Gasteiger partial charge in [0.1, 0.15) is 22.7 Å². The van der Waals surface area contributed by atoms with Crippen molar-refractivity contribution in [2.45, 2.75) is 10.8 Å². The molecule has 0 atom stereocenters. The first kappa shape index (κ1) is 39.3. The molecule has 12 aromatic carbocycles. The summed E-state index contributed by atoms with van der Waals surface area (Å²) in [7, 11) is 0. The third-order valence-corrected chi connectivity index (χ3v) is 16.9. The van der Waals surface area contributed by atoms with Gasteiger partial charge in [-0.15, -0.1) is 0 Å². The molecular formula is C70H41NO2. The molecule has 338 valence electrons. The summed E-state index contributed by atoms with van der Waals surface area (Å²) in [5.41, 5.74) is 21.3. The Kier molecular flexibility index (Phi) is 7.60. The van der Waals surface area contributed by atoms with Crippen molar-refractivity contribution in [3.63, 3.8) is 0 Å². The first-order chi connectivity index (χ1) is 36.2. The molecule has 2 heterocycles. The van der Waals surface area contributed by atoms with Crippen LogP contribution in [0, 0.1) is 0 Å². The van der Waals surface area contributed by atoms with E-state index in [0.717, 1.165) is 83.2 Å². The maximum atomic E-state index is 7.34. The van der Waals surface area contributed by atoms with Gasteiger partial charge in [-0.05, 0) is 108 Å². The van der Waals surface area contributed by atoms with Crippen molar-refractivity contribution in [1.82, 2.24) is 0 Å². The molecular weight excluding hydrogens is 887 g/mol. The summed E-state index contributed by atoms with van der Waals surface area (Å²) in [6, 6.07) is 92.1. The van der Waals surface area contributed by atoms with Gasteiger partial charge in [-0.25, -0.2) is 0 Å². The van der Waals surface area contributed by atoms with Crippen molar-refractivity contribution in [1.29, 1.82) is 0 Å². The molecule has 2 spiro atoms. The second-order valence-electron chi connectivity index (χ2n) is 20.2. The number of rotatable bonds is 3. The average molecular weight is 928 g/mol. The summed E-state index contributed by atoms with van der Waals surface area (Å²) < 4.78 is 14.0. The van der Waals surface area contributed by atoms with Gasteiger partial charge in [0.2, 0.25) is 0 Å². The standard InChI is InChI=1S/C70H41NO2/c1-3-18-46-42(16-1)32-37-61-67(46)73-68-47-19-4-2-17-43(47)33-38-62(68)70(61)58-28-13-8-24-53(58)66-60(70)29-15-30-63(66)71(45-34-36-52-51-23-9-14-31-64(51)72-65(52)41-45)44-35-39-59-54(40-44)50-22-7-12-27-57(50)69(59)55-25-10-5-20-48(55)49-21-6-11-26-56(49)69/h1-41H. The molecule has 13 aromatic rings. The lowest BCUT2D eigenvalue weighted by Gasteiger charge is -2.40. The quantitative estimate of drug-likeness (QED) is 0.177. The maximum Gasteiger partial charge on any atom is 0.140 e. The van der Waals surface area contributed by atoms with Crippen LogP contribution in [0.25, 0.3) is 76.9 Å². The van der Waals surface area contributed by atoms with Crippen LogP contribution in [0.1, 0.15) is 44.5 Å². The first-order valence-corrected chi connectivity index (χ1v) is 25.3. The molecule has 0 N–H and O–H groups in total. The molecule has 4 aliphatic rings. The Bertz CT molecular complexity index is 4440. The monoisotopic (exact) mass is 927 g/mol. The van der Waals surface area contributed by atoms with Crippen LogP contribution < -0.4 is 9.64 Å². The number of anilines is 3. The second-order valence-corrected chi connectivity index (χ2v) is 20.2. The fraction of sp³-hybridized carbons (Fsp3) is 0.0286. The normalized spacial score (nSPS) is 14.4. The van der Waals surface area contributed by atoms with Crippen LogP contribution in [0.3, 0.4) is 0 Å². The molecule has 0 radical (unpaired) electrons. The lowest BCUT2D eigenvalue weighted by Crippen LogP contribution is -2.32. The van der Waals surface area contributed by atoms with Crippen molar-refractivity contribution in [3.05, 3.63) is 293 Å². The van der Waals surface area contributed by atoms with E-state index in [1.807, 2.05) is 6.07 Å². The smallest absolute Gasteiger partial charge is 0.140 e. The topological polar surface area (TPSA) is 25.6 Å². The van der Waals surface area contributed by atoms with Crippen LogP contribution >= 0.6 is 0 Å². The van der Waals surface area contributed by atoms with E-state index in [9.17, 15) is 0 Å². The highest BCUT2D eigenvalue weighted by Gasteiger charge is 2.54. The Balaban J connectivity index is 0.969. The van der Waals surface area contributed by atoms with Crippen LogP contribution in [0.2, 0.25) is 0 Å². The second kappa shape index (κ2) is 14.1. The molecule has 0 bridgehead atoms. The Labute approximate surface area is 421 Å². The summed E-state index contributed by atoms with van der Waals surface area (Å²) in [5, 5.41) is 6.71. The van der Waals surface area contributed by atoms with E-state index in [1.54, 1.807) is 0 Å². The van der Waals surface area contributed by atoms with Crippen molar-refractivity contribution in [2.24, 2.45) is 0 Å². The predicted molar refractivity (Wildman–Crippen MR) is 297 cm³/mol. The number of furan rings is 1. The maximum absolute atomic E-state index is 7.34. The molecule has 0 unspecified atom stereocenters. The van der Waals surface area contributed by atoms with Crippen LogP contribution in [-0.2, 0) is 10.8 Å².